The van der Waals surface area contributed by atoms with Gasteiger partial charge in [-0.3, -0.25) is 25.2 Å². The van der Waals surface area contributed by atoms with Crippen molar-refractivity contribution in [3.05, 3.63) is 83.4 Å². The van der Waals surface area contributed by atoms with Gasteiger partial charge in [-0.25, -0.2) is 8.42 Å². The average Bonchev–Trinajstić information content (AvgIpc) is 2.81. The number of hydrogen-bond donors (Lipinski definition) is 3. The Bertz CT molecular complexity index is 1290. The number of amides is 2. The van der Waals surface area contributed by atoms with Gasteiger partial charge in [0, 0.05) is 5.56 Å². The molecule has 0 fully saturated rings. The van der Waals surface area contributed by atoms with Crippen LogP contribution in [-0.2, 0) is 14.8 Å². The van der Waals surface area contributed by atoms with Crippen LogP contribution in [-0.4, -0.2) is 33.9 Å². The SMILES string of the molecule is COc1ccccc1NS(=O)(=O)c1cccc(C(=O)NNC(=O)COc2cc(C)cc(C)c2)c1. The van der Waals surface area contributed by atoms with Gasteiger partial charge in [0.25, 0.3) is 21.8 Å². The minimum atomic E-state index is -4.00. The van der Waals surface area contributed by atoms with E-state index >= 15 is 0 Å². The van der Waals surface area contributed by atoms with Gasteiger partial charge in [0.1, 0.15) is 11.5 Å². The predicted octanol–water partition coefficient (Wildman–Crippen LogP) is 2.95. The van der Waals surface area contributed by atoms with E-state index in [2.05, 4.69) is 15.6 Å². The van der Waals surface area contributed by atoms with Crippen molar-refractivity contribution in [2.75, 3.05) is 18.4 Å². The van der Waals surface area contributed by atoms with Crippen LogP contribution in [0.15, 0.2) is 71.6 Å². The number of para-hydroxylation sites is 2. The molecule has 3 aromatic rings. The number of ether oxygens (including phenoxy) is 2. The Morgan fingerprint density at radius 1 is 0.882 bits per heavy atom. The van der Waals surface area contributed by atoms with E-state index in [-0.39, 0.29) is 22.8 Å². The fourth-order valence-electron chi connectivity index (χ4n) is 3.14. The molecular weight excluding hydrogens is 458 g/mol. The van der Waals surface area contributed by atoms with E-state index in [9.17, 15) is 18.0 Å². The van der Waals surface area contributed by atoms with Crippen molar-refractivity contribution >= 4 is 27.5 Å². The van der Waals surface area contributed by atoms with Crippen LogP contribution >= 0.6 is 0 Å². The Labute approximate surface area is 198 Å². The summed E-state index contributed by atoms with van der Waals surface area (Å²) in [7, 11) is -2.57. The molecule has 0 spiro atoms. The molecule has 0 aliphatic heterocycles. The first-order valence-electron chi connectivity index (χ1n) is 10.2. The zero-order valence-electron chi connectivity index (χ0n) is 18.9. The van der Waals surface area contributed by atoms with Crippen molar-refractivity contribution < 1.29 is 27.5 Å². The molecule has 2 amide bonds. The fraction of sp³-hybridized carbons (Fsp3) is 0.167. The van der Waals surface area contributed by atoms with Crippen LogP contribution in [0.3, 0.4) is 0 Å². The molecule has 10 heteroatoms. The van der Waals surface area contributed by atoms with Crippen molar-refractivity contribution in [2.45, 2.75) is 18.7 Å². The molecule has 34 heavy (non-hydrogen) atoms. The van der Waals surface area contributed by atoms with Crippen LogP contribution in [0.25, 0.3) is 0 Å². The molecule has 0 aromatic heterocycles. The molecule has 3 N–H and O–H groups in total. The highest BCUT2D eigenvalue weighted by atomic mass is 32.2. The van der Waals surface area contributed by atoms with Crippen molar-refractivity contribution in [1.82, 2.24) is 10.9 Å². The largest absolute Gasteiger partial charge is 0.495 e. The van der Waals surface area contributed by atoms with Crippen LogP contribution in [0.2, 0.25) is 0 Å². The van der Waals surface area contributed by atoms with Crippen LogP contribution < -0.4 is 25.0 Å². The number of anilines is 1. The summed E-state index contributed by atoms with van der Waals surface area (Å²) in [6.45, 7) is 3.53. The maximum Gasteiger partial charge on any atom is 0.276 e. The topological polar surface area (TPSA) is 123 Å². The smallest absolute Gasteiger partial charge is 0.276 e. The van der Waals surface area contributed by atoms with E-state index < -0.39 is 21.8 Å². The third kappa shape index (κ3) is 6.48. The highest BCUT2D eigenvalue weighted by molar-refractivity contribution is 7.92. The third-order valence-electron chi connectivity index (χ3n) is 4.64. The molecule has 0 atom stereocenters. The Morgan fingerprint density at radius 2 is 1.59 bits per heavy atom. The Kier molecular flexibility index (Phi) is 7.75. The molecule has 9 nitrogen and oxygen atoms in total. The molecule has 0 aliphatic carbocycles. The maximum absolute atomic E-state index is 12.8. The second kappa shape index (κ2) is 10.7. The number of sulfonamides is 1. The van der Waals surface area contributed by atoms with E-state index in [1.54, 1.807) is 36.4 Å². The number of nitrogens with one attached hydrogen (secondary N) is 3. The molecule has 0 saturated heterocycles. The summed E-state index contributed by atoms with van der Waals surface area (Å²) in [4.78, 5) is 24.4. The number of hydrazine groups is 1. The van der Waals surface area contributed by atoms with Crippen molar-refractivity contribution in [3.8, 4) is 11.5 Å². The Balaban J connectivity index is 1.61. The highest BCUT2D eigenvalue weighted by Crippen LogP contribution is 2.26. The third-order valence-corrected chi connectivity index (χ3v) is 6.00. The minimum absolute atomic E-state index is 0.0402. The summed E-state index contributed by atoms with van der Waals surface area (Å²) in [5.74, 6) is -0.367. The quantitative estimate of drug-likeness (QED) is 0.424. The highest BCUT2D eigenvalue weighted by Gasteiger charge is 2.18. The van der Waals surface area contributed by atoms with Crippen LogP contribution in [0.5, 0.6) is 11.5 Å². The molecule has 3 rings (SSSR count). The molecule has 0 bridgehead atoms. The van der Waals surface area contributed by atoms with E-state index in [1.165, 1.54) is 31.4 Å². The van der Waals surface area contributed by atoms with Crippen molar-refractivity contribution in [1.29, 1.82) is 0 Å². The summed E-state index contributed by atoms with van der Waals surface area (Å²) in [5, 5.41) is 0. The Hall–Kier alpha value is -4.05. The zero-order valence-corrected chi connectivity index (χ0v) is 19.7. The van der Waals surface area contributed by atoms with Gasteiger partial charge in [-0.1, -0.05) is 24.3 Å². The number of rotatable bonds is 8. The first-order chi connectivity index (χ1) is 16.2. The predicted molar refractivity (Wildman–Crippen MR) is 127 cm³/mol. The van der Waals surface area contributed by atoms with Gasteiger partial charge in [-0.15, -0.1) is 0 Å². The maximum atomic E-state index is 12.8. The summed E-state index contributed by atoms with van der Waals surface area (Å²) < 4.78 is 38.6. The monoisotopic (exact) mass is 483 g/mol. The van der Waals surface area contributed by atoms with Gasteiger partial charge in [0.05, 0.1) is 17.7 Å². The summed E-state index contributed by atoms with van der Waals surface area (Å²) >= 11 is 0. The first-order valence-corrected chi connectivity index (χ1v) is 11.7. The van der Waals surface area contributed by atoms with E-state index in [0.717, 1.165) is 11.1 Å². The molecule has 3 aromatic carbocycles. The lowest BCUT2D eigenvalue weighted by Crippen LogP contribution is -2.43. The molecule has 178 valence electrons. The lowest BCUT2D eigenvalue weighted by molar-refractivity contribution is -0.123. The van der Waals surface area contributed by atoms with Gasteiger partial charge < -0.3 is 9.47 Å². The normalized spacial score (nSPS) is 10.8. The van der Waals surface area contributed by atoms with Gasteiger partial charge >= 0.3 is 0 Å². The second-order valence-electron chi connectivity index (χ2n) is 7.45. The molecule has 0 heterocycles. The summed E-state index contributed by atoms with van der Waals surface area (Å²) in [6, 6.07) is 17.5. The van der Waals surface area contributed by atoms with Gasteiger partial charge in [0.2, 0.25) is 0 Å². The number of benzene rings is 3. The molecule has 0 aliphatic rings. The van der Waals surface area contributed by atoms with Crippen LogP contribution in [0.1, 0.15) is 21.5 Å². The molecule has 0 unspecified atom stereocenters. The van der Waals surface area contributed by atoms with Gasteiger partial charge in [-0.05, 0) is 67.4 Å². The van der Waals surface area contributed by atoms with E-state index in [1.807, 2.05) is 19.9 Å². The van der Waals surface area contributed by atoms with Crippen molar-refractivity contribution in [2.24, 2.45) is 0 Å². The van der Waals surface area contributed by atoms with E-state index in [0.29, 0.717) is 11.5 Å². The molecule has 0 saturated carbocycles. The number of hydrogen-bond acceptors (Lipinski definition) is 6. The first kappa shape index (κ1) is 24.6. The lowest BCUT2D eigenvalue weighted by atomic mass is 10.1. The second-order valence-corrected chi connectivity index (χ2v) is 9.13. The molecular formula is C24H25N3O6S. The zero-order chi connectivity index (χ0) is 24.7. The van der Waals surface area contributed by atoms with Crippen LogP contribution in [0.4, 0.5) is 5.69 Å². The fourth-order valence-corrected chi connectivity index (χ4v) is 4.25. The average molecular weight is 484 g/mol. The van der Waals surface area contributed by atoms with Crippen LogP contribution in [0, 0.1) is 13.8 Å². The lowest BCUT2D eigenvalue weighted by Gasteiger charge is -2.13. The summed E-state index contributed by atoms with van der Waals surface area (Å²) in [6.07, 6.45) is 0. The Morgan fingerprint density at radius 3 is 2.29 bits per heavy atom. The van der Waals surface area contributed by atoms with Crippen molar-refractivity contribution in [3.63, 3.8) is 0 Å². The standard InChI is InChI=1S/C24H25N3O6S/c1-16-11-17(2)13-19(12-16)33-15-23(28)25-26-24(29)18-7-6-8-20(14-18)34(30,31)27-21-9-4-5-10-22(21)32-3/h4-14,27H,15H2,1-3H3,(H,25,28)(H,26,29). The number of carbonyl (C=O) groups is 2. The number of carbonyl (C=O) groups excluding carboxylic acids is 2. The van der Waals surface area contributed by atoms with Gasteiger partial charge in [0.15, 0.2) is 6.61 Å². The van der Waals surface area contributed by atoms with E-state index in [4.69, 9.17) is 9.47 Å². The molecule has 0 radical (unpaired) electrons. The minimum Gasteiger partial charge on any atom is -0.495 e. The summed E-state index contributed by atoms with van der Waals surface area (Å²) in [5.41, 5.74) is 6.80. The number of aryl methyl sites for hydroxylation is 2. The number of methoxy groups -OCH3 is 1. The van der Waals surface area contributed by atoms with Gasteiger partial charge in [-0.2, -0.15) is 0 Å².